The van der Waals surface area contributed by atoms with E-state index < -0.39 is 5.91 Å². The second kappa shape index (κ2) is 7.58. The van der Waals surface area contributed by atoms with E-state index in [9.17, 15) is 4.79 Å². The molecule has 0 bridgehead atoms. The molecule has 0 atom stereocenters. The minimum Gasteiger partial charge on any atom is -0.496 e. The van der Waals surface area contributed by atoms with Gasteiger partial charge in [-0.3, -0.25) is 9.78 Å². The van der Waals surface area contributed by atoms with Gasteiger partial charge in [0.1, 0.15) is 18.1 Å². The number of fused-ring (bicyclic) bond motifs is 2. The van der Waals surface area contributed by atoms with Crippen LogP contribution in [0, 0.1) is 0 Å². The van der Waals surface area contributed by atoms with E-state index in [4.69, 9.17) is 38.4 Å². The summed E-state index contributed by atoms with van der Waals surface area (Å²) in [5.74, 6) is 0.705. The summed E-state index contributed by atoms with van der Waals surface area (Å²) < 4.78 is 11.6. The summed E-state index contributed by atoms with van der Waals surface area (Å²) in [6.45, 7) is 4.59. The Bertz CT molecular complexity index is 1330. The van der Waals surface area contributed by atoms with Crippen molar-refractivity contribution >= 4 is 40.5 Å². The lowest BCUT2D eigenvalue weighted by Crippen LogP contribution is -2.37. The molecular weight excluding hydrogens is 449 g/mol. The van der Waals surface area contributed by atoms with Crippen LogP contribution < -0.4 is 20.1 Å². The fourth-order valence-corrected chi connectivity index (χ4v) is 4.51. The Kier molecular flexibility index (Phi) is 4.84. The van der Waals surface area contributed by atoms with Gasteiger partial charge in [0.15, 0.2) is 0 Å². The highest BCUT2D eigenvalue weighted by atomic mass is 35.5. The first-order valence-corrected chi connectivity index (χ1v) is 10.4. The first-order chi connectivity index (χ1) is 15.4. The van der Waals surface area contributed by atoms with Crippen LogP contribution in [-0.2, 0) is 0 Å². The number of carbonyl (C=O) groups is 1. The van der Waals surface area contributed by atoms with Crippen LogP contribution in [0.15, 0.2) is 66.5 Å². The zero-order chi connectivity index (χ0) is 22.6. The van der Waals surface area contributed by atoms with E-state index in [0.29, 0.717) is 45.0 Å². The Morgan fingerprint density at radius 1 is 1.16 bits per heavy atom. The van der Waals surface area contributed by atoms with Crippen LogP contribution >= 0.6 is 23.2 Å². The monoisotopic (exact) mass is 465 g/mol. The molecule has 5 rings (SSSR count). The summed E-state index contributed by atoms with van der Waals surface area (Å²) >= 11 is 12.5. The van der Waals surface area contributed by atoms with Crippen LogP contribution in [0.5, 0.6) is 11.5 Å². The summed E-state index contributed by atoms with van der Waals surface area (Å²) in [7, 11) is 1.57. The van der Waals surface area contributed by atoms with Gasteiger partial charge >= 0.3 is 0 Å². The van der Waals surface area contributed by atoms with Crippen molar-refractivity contribution in [3.8, 4) is 22.8 Å². The summed E-state index contributed by atoms with van der Waals surface area (Å²) in [5.41, 5.74) is 11.5. The van der Waals surface area contributed by atoms with Crippen molar-refractivity contribution in [2.75, 3.05) is 18.6 Å². The Hall–Kier alpha value is -3.48. The SMILES string of the molecule is C=C1C2=C(c3cc(-c4cc(C(N)=O)ccn4)c(OC)cc3OC2)N1c1cc(Cl)cc(Cl)c1. The number of anilines is 1. The molecule has 160 valence electrons. The summed E-state index contributed by atoms with van der Waals surface area (Å²) in [6, 6.07) is 12.3. The summed E-state index contributed by atoms with van der Waals surface area (Å²) in [5, 5.41) is 1.06. The number of amides is 1. The van der Waals surface area contributed by atoms with Crippen LogP contribution in [0.25, 0.3) is 17.0 Å². The van der Waals surface area contributed by atoms with E-state index in [-0.39, 0.29) is 0 Å². The minimum atomic E-state index is -0.529. The standard InChI is InChI=1S/C24H17Cl2N3O3/c1-12-19-11-32-22-10-21(31-2)17(20-5-13(24(27)30)3-4-28-20)9-18(22)23(19)29(12)16-7-14(25)6-15(26)8-16/h3-10H,1,11H2,2H3,(H2,27,30). The molecule has 0 unspecified atom stereocenters. The molecule has 0 saturated heterocycles. The number of halogens is 2. The lowest BCUT2D eigenvalue weighted by Gasteiger charge is -2.44. The lowest BCUT2D eigenvalue weighted by atomic mass is 9.89. The normalized spacial score (nSPS) is 14.3. The van der Waals surface area contributed by atoms with Gasteiger partial charge in [0, 0.05) is 56.0 Å². The maximum absolute atomic E-state index is 11.7. The van der Waals surface area contributed by atoms with Crippen LogP contribution in [0.4, 0.5) is 5.69 Å². The third-order valence-corrected chi connectivity index (χ3v) is 5.92. The topological polar surface area (TPSA) is 77.7 Å². The number of aromatic nitrogens is 1. The molecule has 0 fully saturated rings. The second-order valence-corrected chi connectivity index (χ2v) is 8.24. The van der Waals surface area contributed by atoms with Crippen LogP contribution in [0.1, 0.15) is 15.9 Å². The molecule has 0 aliphatic carbocycles. The Balaban J connectivity index is 1.67. The van der Waals surface area contributed by atoms with Crippen LogP contribution in [0.2, 0.25) is 10.0 Å². The molecule has 32 heavy (non-hydrogen) atoms. The Labute approximate surface area is 194 Å². The third kappa shape index (κ3) is 3.20. The number of ether oxygens (including phenoxy) is 2. The molecule has 0 spiro atoms. The lowest BCUT2D eigenvalue weighted by molar-refractivity contribution is 0.1000. The van der Waals surface area contributed by atoms with Gasteiger partial charge in [-0.15, -0.1) is 0 Å². The van der Waals surface area contributed by atoms with Crippen LogP contribution in [-0.4, -0.2) is 24.6 Å². The maximum Gasteiger partial charge on any atom is 0.248 e. The van der Waals surface area contributed by atoms with Gasteiger partial charge in [0.05, 0.1) is 18.5 Å². The van der Waals surface area contributed by atoms with E-state index >= 15 is 0 Å². The van der Waals surface area contributed by atoms with Crippen molar-refractivity contribution in [2.24, 2.45) is 5.73 Å². The van der Waals surface area contributed by atoms with Gasteiger partial charge < -0.3 is 20.1 Å². The molecule has 8 heteroatoms. The smallest absolute Gasteiger partial charge is 0.248 e. The molecule has 1 amide bonds. The van der Waals surface area contributed by atoms with Crippen molar-refractivity contribution in [1.29, 1.82) is 0 Å². The number of benzene rings is 2. The van der Waals surface area contributed by atoms with Gasteiger partial charge in [0.2, 0.25) is 5.91 Å². The highest BCUT2D eigenvalue weighted by Crippen LogP contribution is 2.51. The third-order valence-electron chi connectivity index (χ3n) is 5.48. The molecule has 0 radical (unpaired) electrons. The van der Waals surface area contributed by atoms with E-state index in [2.05, 4.69) is 11.6 Å². The predicted octanol–water partition coefficient (Wildman–Crippen LogP) is 5.30. The predicted molar refractivity (Wildman–Crippen MR) is 125 cm³/mol. The van der Waals surface area contributed by atoms with Crippen molar-refractivity contribution in [3.05, 3.63) is 87.7 Å². The number of nitrogens with two attached hydrogens (primary N) is 1. The molecule has 3 heterocycles. The number of carbonyl (C=O) groups excluding carboxylic acids is 1. The molecule has 3 aromatic rings. The molecule has 2 aliphatic heterocycles. The zero-order valence-corrected chi connectivity index (χ0v) is 18.5. The number of hydrogen-bond donors (Lipinski definition) is 1. The number of primary amides is 1. The number of pyridine rings is 1. The maximum atomic E-state index is 11.7. The second-order valence-electron chi connectivity index (χ2n) is 7.37. The van der Waals surface area contributed by atoms with Crippen molar-refractivity contribution in [2.45, 2.75) is 0 Å². The van der Waals surface area contributed by atoms with Gasteiger partial charge in [0.25, 0.3) is 0 Å². The molecule has 0 saturated carbocycles. The fraction of sp³-hybridized carbons (Fsp3) is 0.0833. The number of nitrogens with zero attached hydrogens (tertiary/aromatic N) is 2. The molecule has 2 aliphatic rings. The highest BCUT2D eigenvalue weighted by molar-refractivity contribution is 6.35. The number of methoxy groups -OCH3 is 1. The fourth-order valence-electron chi connectivity index (χ4n) is 3.99. The van der Waals surface area contributed by atoms with E-state index in [1.165, 1.54) is 0 Å². The first kappa shape index (κ1) is 20.4. The van der Waals surface area contributed by atoms with Crippen molar-refractivity contribution in [3.63, 3.8) is 0 Å². The average molecular weight is 466 g/mol. The quantitative estimate of drug-likeness (QED) is 0.565. The van der Waals surface area contributed by atoms with Gasteiger partial charge in [-0.2, -0.15) is 0 Å². The van der Waals surface area contributed by atoms with Crippen molar-refractivity contribution < 1.29 is 14.3 Å². The molecule has 1 aromatic heterocycles. The van der Waals surface area contributed by atoms with E-state index in [0.717, 1.165) is 28.2 Å². The van der Waals surface area contributed by atoms with E-state index in [1.54, 1.807) is 31.5 Å². The molecule has 2 aromatic carbocycles. The highest BCUT2D eigenvalue weighted by Gasteiger charge is 2.38. The largest absolute Gasteiger partial charge is 0.496 e. The summed E-state index contributed by atoms with van der Waals surface area (Å²) in [4.78, 5) is 18.1. The van der Waals surface area contributed by atoms with Gasteiger partial charge in [-0.05, 0) is 36.4 Å². The zero-order valence-electron chi connectivity index (χ0n) is 17.0. The van der Waals surface area contributed by atoms with Gasteiger partial charge in [-0.1, -0.05) is 29.8 Å². The first-order valence-electron chi connectivity index (χ1n) is 9.67. The average Bonchev–Trinajstić information content (AvgIpc) is 2.76. The van der Waals surface area contributed by atoms with Crippen LogP contribution in [0.3, 0.4) is 0 Å². The molecule has 2 N–H and O–H groups in total. The van der Waals surface area contributed by atoms with Crippen molar-refractivity contribution in [1.82, 2.24) is 4.98 Å². The number of hydrogen-bond acceptors (Lipinski definition) is 5. The Morgan fingerprint density at radius 3 is 2.59 bits per heavy atom. The van der Waals surface area contributed by atoms with E-state index in [1.807, 2.05) is 29.2 Å². The molecular formula is C24H17Cl2N3O3. The number of rotatable bonds is 4. The summed E-state index contributed by atoms with van der Waals surface area (Å²) in [6.07, 6.45) is 1.54. The molecule has 6 nitrogen and oxygen atoms in total. The minimum absolute atomic E-state index is 0.359. The Morgan fingerprint density at radius 2 is 1.91 bits per heavy atom. The van der Waals surface area contributed by atoms with Gasteiger partial charge in [-0.25, -0.2) is 0 Å².